The van der Waals surface area contributed by atoms with Gasteiger partial charge < -0.3 is 19.1 Å². The fourth-order valence-electron chi connectivity index (χ4n) is 0.625. The lowest BCUT2D eigenvalue weighted by molar-refractivity contribution is -0.602. The first-order valence-electron chi connectivity index (χ1n) is 2.80. The number of nitrogen functional groups attached to an aromatic ring is 1. The SMILES string of the molecule is COc1oc(OC)[n+]([O-])c1N. The lowest BCUT2D eigenvalue weighted by atomic mass is 10.7. The van der Waals surface area contributed by atoms with Gasteiger partial charge in [-0.2, -0.15) is 4.73 Å². The molecule has 11 heavy (non-hydrogen) atoms. The van der Waals surface area contributed by atoms with E-state index in [1.165, 1.54) is 14.2 Å². The minimum atomic E-state index is -0.237. The fourth-order valence-corrected chi connectivity index (χ4v) is 0.625. The van der Waals surface area contributed by atoms with Gasteiger partial charge in [-0.1, -0.05) is 0 Å². The summed E-state index contributed by atoms with van der Waals surface area (Å²) in [5, 5.41) is 10.9. The van der Waals surface area contributed by atoms with Crippen molar-refractivity contribution in [2.75, 3.05) is 20.0 Å². The first kappa shape index (κ1) is 7.52. The van der Waals surface area contributed by atoms with Crippen LogP contribution in [0.2, 0.25) is 0 Å². The van der Waals surface area contributed by atoms with Gasteiger partial charge >= 0.3 is 17.8 Å². The van der Waals surface area contributed by atoms with Crippen LogP contribution in [0.3, 0.4) is 0 Å². The van der Waals surface area contributed by atoms with Crippen molar-refractivity contribution < 1.29 is 18.6 Å². The van der Waals surface area contributed by atoms with E-state index >= 15 is 0 Å². The van der Waals surface area contributed by atoms with E-state index in [2.05, 4.69) is 9.47 Å². The second-order valence-electron chi connectivity index (χ2n) is 1.74. The molecule has 6 nitrogen and oxygen atoms in total. The highest BCUT2D eigenvalue weighted by Crippen LogP contribution is 2.23. The molecule has 1 aromatic heterocycles. The van der Waals surface area contributed by atoms with Crippen LogP contribution in [-0.4, -0.2) is 14.2 Å². The summed E-state index contributed by atoms with van der Waals surface area (Å²) in [6, 6.07) is 0. The van der Waals surface area contributed by atoms with Gasteiger partial charge in [-0.05, 0) is 0 Å². The highest BCUT2D eigenvalue weighted by molar-refractivity contribution is 5.32. The van der Waals surface area contributed by atoms with E-state index in [9.17, 15) is 5.21 Å². The summed E-state index contributed by atoms with van der Waals surface area (Å²) >= 11 is 0. The van der Waals surface area contributed by atoms with Gasteiger partial charge in [0.2, 0.25) is 0 Å². The molecule has 0 aromatic carbocycles. The first-order chi connectivity index (χ1) is 5.20. The van der Waals surface area contributed by atoms with Gasteiger partial charge in [-0.25, -0.2) is 0 Å². The van der Waals surface area contributed by atoms with E-state index in [-0.39, 0.29) is 17.8 Å². The first-order valence-corrected chi connectivity index (χ1v) is 2.80. The molecule has 6 heteroatoms. The molecule has 0 amide bonds. The molecule has 62 valence electrons. The Labute approximate surface area is 62.7 Å². The fraction of sp³-hybridized carbons (Fsp3) is 0.400. The zero-order chi connectivity index (χ0) is 8.43. The molecule has 0 saturated carbocycles. The Hall–Kier alpha value is -1.59. The number of hydrogen-bond donors (Lipinski definition) is 1. The molecule has 0 atom stereocenters. The predicted molar refractivity (Wildman–Crippen MR) is 35.2 cm³/mol. The van der Waals surface area contributed by atoms with E-state index in [4.69, 9.17) is 10.2 Å². The molecule has 1 rings (SSSR count). The normalized spacial score (nSPS) is 9.64. The molecule has 0 unspecified atom stereocenters. The monoisotopic (exact) mass is 160 g/mol. The molecular weight excluding hydrogens is 152 g/mol. The van der Waals surface area contributed by atoms with E-state index in [1.807, 2.05) is 0 Å². The summed E-state index contributed by atoms with van der Waals surface area (Å²) in [7, 11) is 2.64. The van der Waals surface area contributed by atoms with Gasteiger partial charge in [0.05, 0.1) is 14.2 Å². The summed E-state index contributed by atoms with van der Waals surface area (Å²) in [5.41, 5.74) is 5.24. The maximum atomic E-state index is 10.9. The molecule has 0 radical (unpaired) electrons. The van der Waals surface area contributed by atoms with Crippen molar-refractivity contribution in [3.05, 3.63) is 5.21 Å². The van der Waals surface area contributed by atoms with Crippen LogP contribution in [0, 0.1) is 5.21 Å². The topological polar surface area (TPSA) is 84.6 Å². The lowest BCUT2D eigenvalue weighted by Crippen LogP contribution is -2.29. The Morgan fingerprint density at radius 3 is 2.36 bits per heavy atom. The molecule has 0 saturated heterocycles. The zero-order valence-electron chi connectivity index (χ0n) is 6.16. The number of anilines is 1. The van der Waals surface area contributed by atoms with Gasteiger partial charge in [0.1, 0.15) is 0 Å². The zero-order valence-corrected chi connectivity index (χ0v) is 6.16. The van der Waals surface area contributed by atoms with Crippen LogP contribution in [0.5, 0.6) is 12.0 Å². The maximum absolute atomic E-state index is 10.9. The van der Waals surface area contributed by atoms with Gasteiger partial charge in [0.15, 0.2) is 0 Å². The molecule has 0 aliphatic carbocycles. The molecule has 0 bridgehead atoms. The van der Waals surface area contributed by atoms with Crippen molar-refractivity contribution in [1.29, 1.82) is 0 Å². The highest BCUT2D eigenvalue weighted by Gasteiger charge is 2.20. The summed E-state index contributed by atoms with van der Waals surface area (Å²) in [6.45, 7) is 0. The number of nitrogens with two attached hydrogens (primary N) is 1. The van der Waals surface area contributed by atoms with Gasteiger partial charge in [0.25, 0.3) is 0 Å². The van der Waals surface area contributed by atoms with Crippen molar-refractivity contribution in [1.82, 2.24) is 0 Å². The molecular formula is C5H8N2O4. The number of hydrogen-bond acceptors (Lipinski definition) is 5. The summed E-state index contributed by atoms with van der Waals surface area (Å²) < 4.78 is 14.2. The minimum absolute atomic E-state index is 0.0446. The van der Waals surface area contributed by atoms with E-state index in [1.54, 1.807) is 0 Å². The van der Waals surface area contributed by atoms with Crippen LogP contribution in [0.15, 0.2) is 4.42 Å². The largest absolute Gasteiger partial charge is 0.706 e. The molecule has 0 aliphatic heterocycles. The molecule has 1 aromatic rings. The highest BCUT2D eigenvalue weighted by atomic mass is 16.7. The van der Waals surface area contributed by atoms with Gasteiger partial charge in [-0.3, -0.25) is 5.73 Å². The van der Waals surface area contributed by atoms with Crippen LogP contribution in [0.4, 0.5) is 5.82 Å². The van der Waals surface area contributed by atoms with Crippen LogP contribution < -0.4 is 19.9 Å². The van der Waals surface area contributed by atoms with Gasteiger partial charge in [-0.15, -0.1) is 0 Å². The Morgan fingerprint density at radius 1 is 1.45 bits per heavy atom. The molecule has 0 fully saturated rings. The van der Waals surface area contributed by atoms with Crippen LogP contribution in [-0.2, 0) is 0 Å². The number of methoxy groups -OCH3 is 2. The molecule has 1 heterocycles. The Bertz CT molecular complexity index is 233. The van der Waals surface area contributed by atoms with Crippen molar-refractivity contribution >= 4 is 5.82 Å². The number of aromatic nitrogens is 1. The van der Waals surface area contributed by atoms with Crippen molar-refractivity contribution in [2.24, 2.45) is 0 Å². The standard InChI is InChI=1S/C5H8N2O4/c1-9-4-3(6)7(8)5(10-2)11-4/h6H2,1-2H3. The van der Waals surface area contributed by atoms with E-state index in [0.717, 1.165) is 0 Å². The number of oxazole rings is 1. The number of rotatable bonds is 2. The van der Waals surface area contributed by atoms with Crippen LogP contribution in [0.25, 0.3) is 0 Å². The second kappa shape index (κ2) is 2.57. The smallest absolute Gasteiger partial charge is 0.476 e. The van der Waals surface area contributed by atoms with E-state index in [0.29, 0.717) is 4.73 Å². The predicted octanol–water partition coefficient (Wildman–Crippen LogP) is -0.488. The summed E-state index contributed by atoms with van der Waals surface area (Å²) in [5.74, 6) is -0.193. The Balaban J connectivity index is 3.12. The lowest BCUT2D eigenvalue weighted by Gasteiger charge is -1.97. The Morgan fingerprint density at radius 2 is 2.09 bits per heavy atom. The third kappa shape index (κ3) is 1.02. The molecule has 2 N–H and O–H groups in total. The van der Waals surface area contributed by atoms with E-state index < -0.39 is 0 Å². The summed E-state index contributed by atoms with van der Waals surface area (Å²) in [4.78, 5) is 0. The third-order valence-corrected chi connectivity index (χ3v) is 1.13. The molecule has 0 spiro atoms. The molecule has 0 aliphatic rings. The quantitative estimate of drug-likeness (QED) is 0.466. The average molecular weight is 160 g/mol. The van der Waals surface area contributed by atoms with Crippen molar-refractivity contribution in [3.8, 4) is 12.0 Å². The number of ether oxygens (including phenoxy) is 2. The van der Waals surface area contributed by atoms with Crippen LogP contribution in [0.1, 0.15) is 0 Å². The number of nitrogens with zero attached hydrogens (tertiary/aromatic N) is 1. The summed E-state index contributed by atoms with van der Waals surface area (Å²) in [6.07, 6.45) is -0.237. The maximum Gasteiger partial charge on any atom is 0.476 e. The van der Waals surface area contributed by atoms with Gasteiger partial charge in [0, 0.05) is 0 Å². The van der Waals surface area contributed by atoms with Crippen molar-refractivity contribution in [2.45, 2.75) is 0 Å². The second-order valence-corrected chi connectivity index (χ2v) is 1.74. The average Bonchev–Trinajstić information content (AvgIpc) is 2.30. The minimum Gasteiger partial charge on any atom is -0.706 e. The van der Waals surface area contributed by atoms with Crippen molar-refractivity contribution in [3.63, 3.8) is 0 Å². The van der Waals surface area contributed by atoms with Crippen LogP contribution >= 0.6 is 0 Å². The Kier molecular flexibility index (Phi) is 1.75. The third-order valence-electron chi connectivity index (χ3n) is 1.13.